The second kappa shape index (κ2) is 4.96. The van der Waals surface area contributed by atoms with Crippen molar-refractivity contribution in [3.63, 3.8) is 0 Å². The molecule has 1 aromatic rings. The fraction of sp³-hybridized carbons (Fsp3) is 0.400. The monoisotopic (exact) mass is 253 g/mol. The Labute approximate surface area is 102 Å². The number of carbonyl (C=O) groups is 1. The van der Waals surface area contributed by atoms with Crippen LogP contribution in [0.4, 0.5) is 11.4 Å². The molecule has 0 radical (unpaired) electrons. The smallest absolute Gasteiger partial charge is 0.328 e. The Balaban J connectivity index is 2.39. The Morgan fingerprint density at radius 2 is 2.44 bits per heavy atom. The van der Waals surface area contributed by atoms with Crippen molar-refractivity contribution in [1.29, 1.82) is 0 Å². The summed E-state index contributed by atoms with van der Waals surface area (Å²) >= 11 is 0. The zero-order chi connectivity index (χ0) is 13.1. The Morgan fingerprint density at radius 1 is 1.67 bits per heavy atom. The third-order valence-electron chi connectivity index (χ3n) is 2.70. The molecule has 2 rings (SSSR count). The van der Waals surface area contributed by atoms with Gasteiger partial charge in [0.25, 0.3) is 0 Å². The predicted octanol–water partition coefficient (Wildman–Crippen LogP) is 0.280. The number of rotatable bonds is 3. The first-order valence-electron chi connectivity index (χ1n) is 5.27. The van der Waals surface area contributed by atoms with E-state index in [1.807, 2.05) is 0 Å². The zero-order valence-corrected chi connectivity index (χ0v) is 9.35. The number of nitro groups is 1. The Bertz CT molecular complexity index is 478. The van der Waals surface area contributed by atoms with Crippen LogP contribution in [0.5, 0.6) is 0 Å². The third kappa shape index (κ3) is 2.23. The minimum atomic E-state index is -1.07. The van der Waals surface area contributed by atoms with Crippen molar-refractivity contribution in [2.45, 2.75) is 6.04 Å². The van der Waals surface area contributed by atoms with E-state index >= 15 is 0 Å². The van der Waals surface area contributed by atoms with Crippen LogP contribution in [0.3, 0.4) is 0 Å². The highest BCUT2D eigenvalue weighted by Gasteiger charge is 2.33. The van der Waals surface area contributed by atoms with Crippen LogP contribution in [-0.4, -0.2) is 46.8 Å². The molecule has 0 aliphatic carbocycles. The summed E-state index contributed by atoms with van der Waals surface area (Å²) in [6.07, 6.45) is 2.51. The molecule has 1 N–H and O–H groups in total. The lowest BCUT2D eigenvalue weighted by molar-refractivity contribution is -0.384. The molecule has 1 unspecified atom stereocenters. The summed E-state index contributed by atoms with van der Waals surface area (Å²) in [5, 5.41) is 20.0. The summed E-state index contributed by atoms with van der Waals surface area (Å²) in [7, 11) is 0. The van der Waals surface area contributed by atoms with Crippen LogP contribution in [0.25, 0.3) is 0 Å². The fourth-order valence-corrected chi connectivity index (χ4v) is 1.86. The summed E-state index contributed by atoms with van der Waals surface area (Å²) in [6.45, 7) is 0.639. The van der Waals surface area contributed by atoms with Crippen molar-refractivity contribution >= 4 is 17.3 Å². The van der Waals surface area contributed by atoms with Crippen molar-refractivity contribution in [3.05, 3.63) is 28.6 Å². The molecule has 0 bridgehead atoms. The molecule has 18 heavy (non-hydrogen) atoms. The van der Waals surface area contributed by atoms with Crippen molar-refractivity contribution in [1.82, 2.24) is 4.98 Å². The molecular weight excluding hydrogens is 242 g/mol. The summed E-state index contributed by atoms with van der Waals surface area (Å²) < 4.78 is 5.09. The zero-order valence-electron chi connectivity index (χ0n) is 9.35. The Kier molecular flexibility index (Phi) is 3.38. The Morgan fingerprint density at radius 3 is 3.11 bits per heavy atom. The number of carboxylic acids is 1. The molecule has 1 aromatic heterocycles. The highest BCUT2D eigenvalue weighted by Crippen LogP contribution is 2.29. The van der Waals surface area contributed by atoms with E-state index in [9.17, 15) is 14.9 Å². The summed E-state index contributed by atoms with van der Waals surface area (Å²) in [4.78, 5) is 26.6. The SMILES string of the molecule is O=C(O)C1COCCN1c1ccncc1[N+](=O)[O-]. The highest BCUT2D eigenvalue weighted by atomic mass is 16.6. The minimum Gasteiger partial charge on any atom is -0.480 e. The van der Waals surface area contributed by atoms with Crippen LogP contribution in [0.15, 0.2) is 18.5 Å². The van der Waals surface area contributed by atoms with Gasteiger partial charge in [-0.3, -0.25) is 15.1 Å². The van der Waals surface area contributed by atoms with Gasteiger partial charge in [-0.1, -0.05) is 0 Å². The first-order chi connectivity index (χ1) is 8.61. The quantitative estimate of drug-likeness (QED) is 0.609. The fourth-order valence-electron chi connectivity index (χ4n) is 1.86. The van der Waals surface area contributed by atoms with E-state index in [1.165, 1.54) is 17.2 Å². The van der Waals surface area contributed by atoms with Crippen molar-refractivity contribution in [2.24, 2.45) is 0 Å². The maximum atomic E-state index is 11.1. The molecular formula is C10H11N3O5. The maximum absolute atomic E-state index is 11.1. The van der Waals surface area contributed by atoms with Gasteiger partial charge in [-0.25, -0.2) is 4.79 Å². The molecule has 1 fully saturated rings. The normalized spacial score (nSPS) is 19.6. The molecule has 1 atom stereocenters. The summed E-state index contributed by atoms with van der Waals surface area (Å²) in [5.41, 5.74) is 0.0522. The molecule has 96 valence electrons. The molecule has 2 heterocycles. The van der Waals surface area contributed by atoms with Gasteiger partial charge in [0, 0.05) is 12.7 Å². The van der Waals surface area contributed by atoms with Gasteiger partial charge in [0.1, 0.15) is 11.9 Å². The van der Waals surface area contributed by atoms with Crippen LogP contribution in [0.1, 0.15) is 0 Å². The molecule has 0 aromatic carbocycles. The average molecular weight is 253 g/mol. The average Bonchev–Trinajstić information content (AvgIpc) is 2.38. The molecule has 8 heteroatoms. The summed E-state index contributed by atoms with van der Waals surface area (Å²) in [6, 6.07) is 0.527. The molecule has 0 amide bonds. The van der Waals surface area contributed by atoms with Gasteiger partial charge in [-0.2, -0.15) is 0 Å². The van der Waals surface area contributed by atoms with Gasteiger partial charge >= 0.3 is 11.7 Å². The number of carboxylic acid groups (broad SMARTS) is 1. The molecule has 1 aliphatic rings. The number of ether oxygens (including phenoxy) is 1. The van der Waals surface area contributed by atoms with Gasteiger partial charge in [0.2, 0.25) is 0 Å². The number of aromatic nitrogens is 1. The molecule has 0 spiro atoms. The predicted molar refractivity (Wildman–Crippen MR) is 60.5 cm³/mol. The van der Waals surface area contributed by atoms with Crippen molar-refractivity contribution in [2.75, 3.05) is 24.7 Å². The highest BCUT2D eigenvalue weighted by molar-refractivity contribution is 5.80. The standard InChI is InChI=1S/C10H11N3O5/c14-10(15)9-6-18-4-3-12(9)7-1-2-11-5-8(7)13(16)17/h1-2,5,9H,3-4,6H2,(H,14,15). The lowest BCUT2D eigenvalue weighted by Gasteiger charge is -2.34. The minimum absolute atomic E-state index is 0.00874. The number of hydrogen-bond acceptors (Lipinski definition) is 6. The van der Waals surface area contributed by atoms with Crippen LogP contribution >= 0.6 is 0 Å². The number of pyridine rings is 1. The lowest BCUT2D eigenvalue weighted by Crippen LogP contribution is -2.50. The van der Waals surface area contributed by atoms with Gasteiger partial charge in [-0.05, 0) is 6.07 Å². The van der Waals surface area contributed by atoms with E-state index < -0.39 is 16.9 Å². The van der Waals surface area contributed by atoms with Crippen molar-refractivity contribution < 1.29 is 19.6 Å². The number of nitrogens with zero attached hydrogens (tertiary/aromatic N) is 3. The van der Waals surface area contributed by atoms with Gasteiger partial charge in [-0.15, -0.1) is 0 Å². The first kappa shape index (κ1) is 12.2. The van der Waals surface area contributed by atoms with E-state index in [1.54, 1.807) is 0 Å². The molecule has 1 saturated heterocycles. The lowest BCUT2D eigenvalue weighted by atomic mass is 10.2. The Hall–Kier alpha value is -2.22. The second-order valence-corrected chi connectivity index (χ2v) is 3.74. The number of hydrogen-bond donors (Lipinski definition) is 1. The molecule has 1 aliphatic heterocycles. The maximum Gasteiger partial charge on any atom is 0.328 e. The van der Waals surface area contributed by atoms with Crippen LogP contribution in [0.2, 0.25) is 0 Å². The third-order valence-corrected chi connectivity index (χ3v) is 2.70. The van der Waals surface area contributed by atoms with E-state index in [2.05, 4.69) is 4.98 Å². The van der Waals surface area contributed by atoms with Gasteiger partial charge < -0.3 is 14.7 Å². The van der Waals surface area contributed by atoms with Gasteiger partial charge in [0.05, 0.1) is 18.1 Å². The van der Waals surface area contributed by atoms with Crippen molar-refractivity contribution in [3.8, 4) is 0 Å². The van der Waals surface area contributed by atoms with E-state index in [-0.39, 0.29) is 18.0 Å². The second-order valence-electron chi connectivity index (χ2n) is 3.74. The molecule has 0 saturated carbocycles. The van der Waals surface area contributed by atoms with Crippen LogP contribution in [-0.2, 0) is 9.53 Å². The van der Waals surface area contributed by atoms with Crippen LogP contribution in [0, 0.1) is 10.1 Å². The number of anilines is 1. The van der Waals surface area contributed by atoms with E-state index in [0.717, 1.165) is 6.20 Å². The summed E-state index contributed by atoms with van der Waals surface area (Å²) in [5.74, 6) is -1.07. The van der Waals surface area contributed by atoms with Gasteiger partial charge in [0.15, 0.2) is 6.04 Å². The largest absolute Gasteiger partial charge is 0.480 e. The van der Waals surface area contributed by atoms with E-state index in [4.69, 9.17) is 9.84 Å². The number of aliphatic carboxylic acids is 1. The topological polar surface area (TPSA) is 106 Å². The molecule has 8 nitrogen and oxygen atoms in total. The number of morpholine rings is 1. The first-order valence-corrected chi connectivity index (χ1v) is 5.27. The van der Waals surface area contributed by atoms with Crippen LogP contribution < -0.4 is 4.90 Å². The van der Waals surface area contributed by atoms with E-state index in [0.29, 0.717) is 13.2 Å².